The molecule has 0 aliphatic carbocycles. The maximum absolute atomic E-state index is 12.4. The summed E-state index contributed by atoms with van der Waals surface area (Å²) >= 11 is 6.26. The van der Waals surface area contributed by atoms with Crippen molar-refractivity contribution in [2.45, 2.75) is 19.1 Å². The summed E-state index contributed by atoms with van der Waals surface area (Å²) in [6, 6.07) is 5.53. The van der Waals surface area contributed by atoms with Gasteiger partial charge in [-0.2, -0.15) is 13.2 Å². The van der Waals surface area contributed by atoms with Crippen LogP contribution in [-0.2, 0) is 0 Å². The number of rotatable bonds is 3. The Labute approximate surface area is 127 Å². The number of hydrogen-bond acceptors (Lipinski definition) is 3. The minimum Gasteiger partial charge on any atom is -0.368 e. The average molecular weight is 322 g/mol. The Morgan fingerprint density at radius 2 is 1.86 bits per heavy atom. The van der Waals surface area contributed by atoms with Gasteiger partial charge in [-0.15, -0.1) is 0 Å². The maximum atomic E-state index is 12.4. The minimum absolute atomic E-state index is 0.0971. The van der Waals surface area contributed by atoms with Crippen molar-refractivity contribution in [3.05, 3.63) is 28.8 Å². The van der Waals surface area contributed by atoms with Crippen molar-refractivity contribution >= 4 is 17.3 Å². The van der Waals surface area contributed by atoms with Crippen LogP contribution in [0.3, 0.4) is 0 Å². The molecule has 1 fully saturated rings. The standard InChI is InChI=1S/C14H19ClF3N3/c1-10(19)11-2-3-13(12(15)8-11)21-6-4-20(5-7-21)9-14(16,17)18/h2-3,8,10H,4-7,9,19H2,1H3/t10-/m1/s1. The first-order valence-corrected chi connectivity index (χ1v) is 7.23. The van der Waals surface area contributed by atoms with Crippen LogP contribution in [0.4, 0.5) is 18.9 Å². The Kier molecular flexibility index (Phi) is 5.01. The van der Waals surface area contributed by atoms with Crippen LogP contribution in [0.1, 0.15) is 18.5 Å². The fourth-order valence-electron chi connectivity index (χ4n) is 2.46. The van der Waals surface area contributed by atoms with E-state index in [9.17, 15) is 13.2 Å². The van der Waals surface area contributed by atoms with E-state index in [4.69, 9.17) is 17.3 Å². The van der Waals surface area contributed by atoms with Gasteiger partial charge in [0.1, 0.15) is 0 Å². The normalized spacial score (nSPS) is 18.9. The maximum Gasteiger partial charge on any atom is 0.401 e. The van der Waals surface area contributed by atoms with E-state index in [1.165, 1.54) is 4.90 Å². The largest absolute Gasteiger partial charge is 0.401 e. The molecule has 3 nitrogen and oxygen atoms in total. The molecule has 0 amide bonds. The summed E-state index contributed by atoms with van der Waals surface area (Å²) in [5.41, 5.74) is 7.60. The molecule has 118 valence electrons. The van der Waals surface area contributed by atoms with Crippen molar-refractivity contribution in [1.29, 1.82) is 0 Å². The first-order chi connectivity index (χ1) is 9.76. The molecule has 1 aromatic rings. The van der Waals surface area contributed by atoms with Gasteiger partial charge in [0.25, 0.3) is 0 Å². The summed E-state index contributed by atoms with van der Waals surface area (Å²) in [4.78, 5) is 3.43. The highest BCUT2D eigenvalue weighted by atomic mass is 35.5. The molecule has 21 heavy (non-hydrogen) atoms. The van der Waals surface area contributed by atoms with Crippen LogP contribution in [0.15, 0.2) is 18.2 Å². The van der Waals surface area contributed by atoms with Crippen molar-refractivity contribution in [2.24, 2.45) is 5.73 Å². The Hall–Kier alpha value is -0.980. The van der Waals surface area contributed by atoms with Crippen molar-refractivity contribution in [3.63, 3.8) is 0 Å². The van der Waals surface area contributed by atoms with Crippen molar-refractivity contribution in [2.75, 3.05) is 37.6 Å². The average Bonchev–Trinajstić information content (AvgIpc) is 2.38. The van der Waals surface area contributed by atoms with Gasteiger partial charge in [-0.05, 0) is 24.6 Å². The van der Waals surface area contributed by atoms with Crippen molar-refractivity contribution < 1.29 is 13.2 Å². The number of alkyl halides is 3. The van der Waals surface area contributed by atoms with E-state index in [2.05, 4.69) is 0 Å². The molecule has 1 saturated heterocycles. The van der Waals surface area contributed by atoms with Crippen LogP contribution in [0.2, 0.25) is 5.02 Å². The summed E-state index contributed by atoms with van der Waals surface area (Å²) in [5.74, 6) is 0. The number of piperazine rings is 1. The fraction of sp³-hybridized carbons (Fsp3) is 0.571. The molecule has 0 bridgehead atoms. The molecular formula is C14H19ClF3N3. The third kappa shape index (κ3) is 4.49. The van der Waals surface area contributed by atoms with Gasteiger partial charge in [0.05, 0.1) is 17.3 Å². The zero-order valence-corrected chi connectivity index (χ0v) is 12.6. The number of nitrogens with zero attached hydrogens (tertiary/aromatic N) is 2. The van der Waals surface area contributed by atoms with Gasteiger partial charge < -0.3 is 10.6 Å². The number of halogens is 4. The molecule has 1 aromatic carbocycles. The lowest BCUT2D eigenvalue weighted by molar-refractivity contribution is -0.146. The highest BCUT2D eigenvalue weighted by Gasteiger charge is 2.32. The molecule has 0 spiro atoms. The third-order valence-electron chi connectivity index (χ3n) is 3.61. The zero-order chi connectivity index (χ0) is 15.6. The van der Waals surface area contributed by atoms with Crippen LogP contribution >= 0.6 is 11.6 Å². The van der Waals surface area contributed by atoms with E-state index in [0.717, 1.165) is 11.3 Å². The van der Waals surface area contributed by atoms with Crippen molar-refractivity contribution in [1.82, 2.24) is 4.90 Å². The van der Waals surface area contributed by atoms with E-state index in [0.29, 0.717) is 31.2 Å². The number of benzene rings is 1. The van der Waals surface area contributed by atoms with Gasteiger partial charge in [0, 0.05) is 32.2 Å². The van der Waals surface area contributed by atoms with Crippen molar-refractivity contribution in [3.8, 4) is 0 Å². The molecule has 1 heterocycles. The lowest BCUT2D eigenvalue weighted by Gasteiger charge is -2.36. The predicted octanol–water partition coefficient (Wildman–Crippen LogP) is 3.04. The SMILES string of the molecule is C[C@@H](N)c1ccc(N2CCN(CC(F)(F)F)CC2)c(Cl)c1. The van der Waals surface area contributed by atoms with Crippen LogP contribution < -0.4 is 10.6 Å². The van der Waals surface area contributed by atoms with E-state index in [-0.39, 0.29) is 6.04 Å². The third-order valence-corrected chi connectivity index (χ3v) is 3.92. The monoisotopic (exact) mass is 321 g/mol. The summed E-state index contributed by atoms with van der Waals surface area (Å²) in [6.45, 7) is 2.86. The van der Waals surface area contributed by atoms with Gasteiger partial charge in [0.15, 0.2) is 0 Å². The van der Waals surface area contributed by atoms with E-state index in [1.54, 1.807) is 0 Å². The predicted molar refractivity (Wildman–Crippen MR) is 78.8 cm³/mol. The van der Waals surface area contributed by atoms with E-state index in [1.807, 2.05) is 30.0 Å². The molecule has 0 unspecified atom stereocenters. The minimum atomic E-state index is -4.14. The molecule has 0 aromatic heterocycles. The molecule has 1 atom stereocenters. The van der Waals surface area contributed by atoms with Gasteiger partial charge in [-0.3, -0.25) is 4.90 Å². The summed E-state index contributed by atoms with van der Waals surface area (Å²) < 4.78 is 37.1. The summed E-state index contributed by atoms with van der Waals surface area (Å²) in [5, 5.41) is 0.592. The van der Waals surface area contributed by atoms with Gasteiger partial charge in [-0.25, -0.2) is 0 Å². The molecule has 2 rings (SSSR count). The topological polar surface area (TPSA) is 32.5 Å². The molecule has 0 radical (unpaired) electrons. The number of hydrogen-bond donors (Lipinski definition) is 1. The highest BCUT2D eigenvalue weighted by molar-refractivity contribution is 6.33. The zero-order valence-electron chi connectivity index (χ0n) is 11.8. The van der Waals surface area contributed by atoms with Crippen LogP contribution in [0, 0.1) is 0 Å². The first-order valence-electron chi connectivity index (χ1n) is 6.85. The van der Waals surface area contributed by atoms with Gasteiger partial charge in [0.2, 0.25) is 0 Å². The van der Waals surface area contributed by atoms with Gasteiger partial charge >= 0.3 is 6.18 Å². The fourth-order valence-corrected chi connectivity index (χ4v) is 2.77. The van der Waals surface area contributed by atoms with Gasteiger partial charge in [-0.1, -0.05) is 17.7 Å². The summed E-state index contributed by atoms with van der Waals surface area (Å²) in [6.07, 6.45) is -4.14. The molecule has 0 saturated carbocycles. The number of anilines is 1. The Morgan fingerprint density at radius 1 is 1.24 bits per heavy atom. The Morgan fingerprint density at radius 3 is 2.33 bits per heavy atom. The quantitative estimate of drug-likeness (QED) is 0.928. The lowest BCUT2D eigenvalue weighted by Crippen LogP contribution is -2.49. The Balaban J connectivity index is 1.99. The van der Waals surface area contributed by atoms with Crippen LogP contribution in [-0.4, -0.2) is 43.8 Å². The summed E-state index contributed by atoms with van der Waals surface area (Å²) in [7, 11) is 0. The second kappa shape index (κ2) is 6.42. The first kappa shape index (κ1) is 16.4. The second-order valence-electron chi connectivity index (χ2n) is 5.38. The molecule has 1 aliphatic heterocycles. The highest BCUT2D eigenvalue weighted by Crippen LogP contribution is 2.29. The lowest BCUT2D eigenvalue weighted by atomic mass is 10.1. The smallest absolute Gasteiger partial charge is 0.368 e. The molecule has 1 aliphatic rings. The van der Waals surface area contributed by atoms with E-state index < -0.39 is 12.7 Å². The second-order valence-corrected chi connectivity index (χ2v) is 5.79. The number of nitrogens with two attached hydrogens (primary N) is 1. The van der Waals surface area contributed by atoms with E-state index >= 15 is 0 Å². The van der Waals surface area contributed by atoms with Crippen LogP contribution in [0.5, 0.6) is 0 Å². The molecular weight excluding hydrogens is 303 g/mol. The molecule has 2 N–H and O–H groups in total. The van der Waals surface area contributed by atoms with Crippen LogP contribution in [0.25, 0.3) is 0 Å². The molecule has 7 heteroatoms. The Bertz CT molecular complexity index is 483.